The number of nitrogens with zero attached hydrogens (tertiary/aromatic N) is 1. The van der Waals surface area contributed by atoms with E-state index >= 15 is 0 Å². The highest BCUT2D eigenvalue weighted by Gasteiger charge is 2.44. The second-order valence-corrected chi connectivity index (χ2v) is 8.08. The molecule has 5 N–H and O–H groups in total. The maximum atomic E-state index is 12.2. The Hall–Kier alpha value is -2.07. The first-order valence-electron chi connectivity index (χ1n) is 8.14. The van der Waals surface area contributed by atoms with E-state index in [-0.39, 0.29) is 12.0 Å². The van der Waals surface area contributed by atoms with Gasteiger partial charge in [0.15, 0.2) is 6.23 Å². The topological polar surface area (TPSA) is 162 Å². The molecule has 1 aromatic heterocycles. The Morgan fingerprint density at radius 3 is 2.41 bits per heavy atom. The van der Waals surface area contributed by atoms with Gasteiger partial charge in [-0.25, -0.2) is 4.79 Å². The van der Waals surface area contributed by atoms with Crippen LogP contribution in [0.5, 0.6) is 0 Å². The smallest absolute Gasteiger partial charge is 0.330 e. The van der Waals surface area contributed by atoms with Crippen molar-refractivity contribution < 1.29 is 29.3 Å². The van der Waals surface area contributed by atoms with Gasteiger partial charge in [-0.05, 0) is 12.0 Å². The second-order valence-electron chi connectivity index (χ2n) is 6.30. The highest BCUT2D eigenvalue weighted by atomic mass is 31.2. The fourth-order valence-electron chi connectivity index (χ4n) is 2.99. The molecule has 0 unspecified atom stereocenters. The van der Waals surface area contributed by atoms with Crippen molar-refractivity contribution >= 4 is 7.60 Å². The van der Waals surface area contributed by atoms with E-state index in [0.717, 1.165) is 4.57 Å². The third-order valence-corrected chi connectivity index (χ3v) is 5.21. The van der Waals surface area contributed by atoms with E-state index in [1.54, 1.807) is 30.3 Å². The summed E-state index contributed by atoms with van der Waals surface area (Å²) in [5.74, 6) is 0. The number of benzene rings is 1. The monoisotopic (exact) mass is 398 g/mol. The van der Waals surface area contributed by atoms with Crippen LogP contribution in [-0.2, 0) is 9.30 Å². The van der Waals surface area contributed by atoms with E-state index in [2.05, 4.69) is 4.98 Å². The molecule has 1 aromatic carbocycles. The SMILES string of the molecule is O=c1[nH]c(=O)n([C@@H]2O[C@H](CCP(=O)(O)O)[C@@H](O)[C@H]2O)cc1-c1ccccc1. The zero-order valence-electron chi connectivity index (χ0n) is 14.0. The van der Waals surface area contributed by atoms with Gasteiger partial charge in [0.25, 0.3) is 5.56 Å². The molecular weight excluding hydrogens is 379 g/mol. The van der Waals surface area contributed by atoms with E-state index in [1.165, 1.54) is 6.20 Å². The van der Waals surface area contributed by atoms with Crippen LogP contribution < -0.4 is 11.2 Å². The van der Waals surface area contributed by atoms with Crippen LogP contribution in [0.3, 0.4) is 0 Å². The summed E-state index contributed by atoms with van der Waals surface area (Å²) in [5, 5.41) is 20.3. The molecule has 1 aliphatic rings. The molecule has 4 atom stereocenters. The van der Waals surface area contributed by atoms with Crippen molar-refractivity contribution in [3.63, 3.8) is 0 Å². The molecule has 1 saturated heterocycles. The third kappa shape index (κ3) is 4.27. The van der Waals surface area contributed by atoms with Crippen LogP contribution in [0.15, 0.2) is 46.1 Å². The van der Waals surface area contributed by atoms with Crippen LogP contribution in [0, 0.1) is 0 Å². The summed E-state index contributed by atoms with van der Waals surface area (Å²) in [6, 6.07) is 8.53. The van der Waals surface area contributed by atoms with Gasteiger partial charge in [-0.15, -0.1) is 0 Å². The van der Waals surface area contributed by atoms with Gasteiger partial charge >= 0.3 is 13.3 Å². The average Bonchev–Trinajstić information content (AvgIpc) is 2.88. The number of aliphatic hydroxyl groups is 2. The molecule has 27 heavy (non-hydrogen) atoms. The van der Waals surface area contributed by atoms with Gasteiger partial charge < -0.3 is 24.7 Å². The Morgan fingerprint density at radius 1 is 1.11 bits per heavy atom. The van der Waals surface area contributed by atoms with E-state index < -0.39 is 49.5 Å². The second kappa shape index (κ2) is 7.51. The zero-order valence-corrected chi connectivity index (χ0v) is 14.9. The molecule has 2 heterocycles. The summed E-state index contributed by atoms with van der Waals surface area (Å²) in [4.78, 5) is 44.4. The largest absolute Gasteiger partial charge is 0.388 e. The Labute approximate surface area is 152 Å². The lowest BCUT2D eigenvalue weighted by atomic mass is 10.1. The molecule has 2 aromatic rings. The number of aromatic nitrogens is 2. The van der Waals surface area contributed by atoms with Crippen LogP contribution in [-0.4, -0.2) is 54.0 Å². The molecule has 0 spiro atoms. The number of aromatic amines is 1. The fraction of sp³-hybridized carbons (Fsp3) is 0.375. The number of aliphatic hydroxyl groups excluding tert-OH is 2. The summed E-state index contributed by atoms with van der Waals surface area (Å²) < 4.78 is 17.5. The van der Waals surface area contributed by atoms with Crippen molar-refractivity contribution in [1.82, 2.24) is 9.55 Å². The van der Waals surface area contributed by atoms with Crippen molar-refractivity contribution in [2.75, 3.05) is 6.16 Å². The van der Waals surface area contributed by atoms with Crippen molar-refractivity contribution in [2.45, 2.75) is 31.0 Å². The molecule has 0 amide bonds. The minimum Gasteiger partial charge on any atom is -0.388 e. The quantitative estimate of drug-likeness (QED) is 0.417. The van der Waals surface area contributed by atoms with E-state index in [0.29, 0.717) is 5.56 Å². The highest BCUT2D eigenvalue weighted by Crippen LogP contribution is 2.38. The number of ether oxygens (including phenoxy) is 1. The average molecular weight is 398 g/mol. The first-order chi connectivity index (χ1) is 12.7. The van der Waals surface area contributed by atoms with Crippen LogP contribution in [0.4, 0.5) is 0 Å². The minimum absolute atomic E-state index is 0.166. The molecule has 0 radical (unpaired) electrons. The van der Waals surface area contributed by atoms with Gasteiger partial charge in [-0.2, -0.15) is 0 Å². The first kappa shape index (κ1) is 19.7. The Bertz CT molecular complexity index is 966. The van der Waals surface area contributed by atoms with Gasteiger partial charge in [-0.3, -0.25) is 18.9 Å². The lowest BCUT2D eigenvalue weighted by Crippen LogP contribution is -2.38. The van der Waals surface area contributed by atoms with Crippen LogP contribution in [0.1, 0.15) is 12.6 Å². The van der Waals surface area contributed by atoms with Crippen LogP contribution >= 0.6 is 7.60 Å². The van der Waals surface area contributed by atoms with E-state index in [9.17, 15) is 24.4 Å². The summed E-state index contributed by atoms with van der Waals surface area (Å²) in [6.45, 7) is 0. The van der Waals surface area contributed by atoms with Gasteiger partial charge in [0.1, 0.15) is 12.2 Å². The van der Waals surface area contributed by atoms with Crippen molar-refractivity contribution in [3.8, 4) is 11.1 Å². The van der Waals surface area contributed by atoms with Crippen LogP contribution in [0.2, 0.25) is 0 Å². The number of hydrogen-bond acceptors (Lipinski definition) is 6. The summed E-state index contributed by atoms with van der Waals surface area (Å²) >= 11 is 0. The van der Waals surface area contributed by atoms with E-state index in [4.69, 9.17) is 14.5 Å². The molecular formula is C16H19N2O8P. The fourth-order valence-corrected chi connectivity index (χ4v) is 3.58. The molecule has 11 heteroatoms. The lowest BCUT2D eigenvalue weighted by molar-refractivity contribution is -0.0404. The normalized spacial score (nSPS) is 25.6. The minimum atomic E-state index is -4.31. The van der Waals surface area contributed by atoms with Gasteiger partial charge in [0.05, 0.1) is 17.8 Å². The maximum absolute atomic E-state index is 12.2. The molecule has 1 fully saturated rings. The molecule has 0 aliphatic carbocycles. The zero-order chi connectivity index (χ0) is 19.8. The van der Waals surface area contributed by atoms with Crippen molar-refractivity contribution in [3.05, 3.63) is 57.4 Å². The molecule has 0 bridgehead atoms. The Kier molecular flexibility index (Phi) is 5.48. The van der Waals surface area contributed by atoms with Crippen molar-refractivity contribution in [2.24, 2.45) is 0 Å². The molecule has 1 aliphatic heterocycles. The highest BCUT2D eigenvalue weighted by molar-refractivity contribution is 7.51. The van der Waals surface area contributed by atoms with Crippen LogP contribution in [0.25, 0.3) is 11.1 Å². The number of rotatable bonds is 5. The molecule has 10 nitrogen and oxygen atoms in total. The standard InChI is InChI=1S/C16H19N2O8P/c19-12-11(6-7-27(23,24)25)26-15(13(12)20)18-8-10(14(21)17-16(18)22)9-4-2-1-3-5-9/h1-5,8,11-13,15,19-20H,6-7H2,(H,17,21,22)(H2,23,24,25)/t11-,12-,13-,15-/m1/s1. The predicted molar refractivity (Wildman–Crippen MR) is 94.2 cm³/mol. The summed E-state index contributed by atoms with van der Waals surface area (Å²) in [5.41, 5.74) is -0.752. The lowest BCUT2D eigenvalue weighted by Gasteiger charge is -2.18. The number of nitrogens with one attached hydrogen (secondary N) is 1. The van der Waals surface area contributed by atoms with Gasteiger partial charge in [0, 0.05) is 6.20 Å². The van der Waals surface area contributed by atoms with Gasteiger partial charge in [-0.1, -0.05) is 30.3 Å². The van der Waals surface area contributed by atoms with E-state index in [1.807, 2.05) is 0 Å². The Morgan fingerprint density at radius 2 is 1.78 bits per heavy atom. The first-order valence-corrected chi connectivity index (χ1v) is 9.94. The van der Waals surface area contributed by atoms with Gasteiger partial charge in [0.2, 0.25) is 0 Å². The summed E-state index contributed by atoms with van der Waals surface area (Å²) in [7, 11) is -4.31. The number of hydrogen-bond donors (Lipinski definition) is 5. The molecule has 0 saturated carbocycles. The third-order valence-electron chi connectivity index (χ3n) is 4.37. The molecule has 146 valence electrons. The molecule has 3 rings (SSSR count). The summed E-state index contributed by atoms with van der Waals surface area (Å²) in [6.07, 6.45) is -4.86. The predicted octanol–water partition coefficient (Wildman–Crippen LogP) is -0.609. The number of H-pyrrole nitrogens is 1. The maximum Gasteiger partial charge on any atom is 0.330 e. The van der Waals surface area contributed by atoms with Crippen molar-refractivity contribution in [1.29, 1.82) is 0 Å². The Balaban J connectivity index is 1.93.